The van der Waals surface area contributed by atoms with E-state index in [1.54, 1.807) is 18.6 Å². The van der Waals surface area contributed by atoms with Crippen LogP contribution in [0, 0.1) is 18.8 Å². The highest BCUT2D eigenvalue weighted by Gasteiger charge is 2.24. The van der Waals surface area contributed by atoms with Crippen molar-refractivity contribution in [1.29, 1.82) is 0 Å². The van der Waals surface area contributed by atoms with Crippen molar-refractivity contribution in [2.45, 2.75) is 25.8 Å². The molecule has 1 saturated carbocycles. The molecule has 1 N–H and O–H groups in total. The zero-order valence-electron chi connectivity index (χ0n) is 14.4. The summed E-state index contributed by atoms with van der Waals surface area (Å²) >= 11 is 0. The Morgan fingerprint density at radius 3 is 2.88 bits per heavy atom. The van der Waals surface area contributed by atoms with Crippen molar-refractivity contribution in [3.8, 4) is 11.8 Å². The minimum absolute atomic E-state index is 0.162. The zero-order chi connectivity index (χ0) is 17.9. The van der Waals surface area contributed by atoms with Crippen molar-refractivity contribution in [1.82, 2.24) is 14.8 Å². The van der Waals surface area contributed by atoms with E-state index >= 15 is 0 Å². The van der Waals surface area contributed by atoms with E-state index in [9.17, 15) is 4.79 Å². The monoisotopic (exact) mass is 342 g/mol. The SMILES string of the molecule is Cc1ccc(C(=O)Nc2cnn(C3CC3)c2)cc1C#Cc1cccnc1. The molecule has 5 nitrogen and oxygen atoms in total. The summed E-state index contributed by atoms with van der Waals surface area (Å²) in [5.74, 6) is 6.05. The van der Waals surface area contributed by atoms with Gasteiger partial charge in [0, 0.05) is 35.3 Å². The van der Waals surface area contributed by atoms with Gasteiger partial charge in [0.2, 0.25) is 0 Å². The molecule has 1 fully saturated rings. The molecular formula is C21H18N4O. The van der Waals surface area contributed by atoms with Crippen molar-refractivity contribution in [3.05, 3.63) is 77.4 Å². The van der Waals surface area contributed by atoms with Crippen LogP contribution >= 0.6 is 0 Å². The summed E-state index contributed by atoms with van der Waals surface area (Å²) in [4.78, 5) is 16.6. The van der Waals surface area contributed by atoms with E-state index in [0.29, 0.717) is 17.3 Å². The number of rotatable bonds is 3. The quantitative estimate of drug-likeness (QED) is 0.740. The van der Waals surface area contributed by atoms with E-state index in [1.165, 1.54) is 0 Å². The second-order valence-electron chi connectivity index (χ2n) is 6.42. The summed E-state index contributed by atoms with van der Waals surface area (Å²) in [6, 6.07) is 9.79. The number of hydrogen-bond donors (Lipinski definition) is 1. The van der Waals surface area contributed by atoms with Gasteiger partial charge in [-0.1, -0.05) is 17.9 Å². The zero-order valence-corrected chi connectivity index (χ0v) is 14.4. The molecule has 2 heterocycles. The topological polar surface area (TPSA) is 59.8 Å². The van der Waals surface area contributed by atoms with E-state index in [-0.39, 0.29) is 5.91 Å². The number of pyridine rings is 1. The van der Waals surface area contributed by atoms with Crippen LogP contribution < -0.4 is 5.32 Å². The highest BCUT2D eigenvalue weighted by Crippen LogP contribution is 2.34. The van der Waals surface area contributed by atoms with E-state index in [0.717, 1.165) is 29.5 Å². The van der Waals surface area contributed by atoms with Gasteiger partial charge >= 0.3 is 0 Å². The lowest BCUT2D eigenvalue weighted by Crippen LogP contribution is -2.11. The van der Waals surface area contributed by atoms with Gasteiger partial charge in [-0.15, -0.1) is 0 Å². The van der Waals surface area contributed by atoms with Crippen LogP contribution in [0.4, 0.5) is 5.69 Å². The Morgan fingerprint density at radius 1 is 1.23 bits per heavy atom. The second kappa shape index (κ2) is 6.85. The van der Waals surface area contributed by atoms with Crippen LogP contribution in [0.2, 0.25) is 0 Å². The van der Waals surface area contributed by atoms with E-state index in [2.05, 4.69) is 27.2 Å². The third-order valence-corrected chi connectivity index (χ3v) is 4.28. The number of hydrogen-bond acceptors (Lipinski definition) is 3. The number of aryl methyl sites for hydroxylation is 1. The fourth-order valence-corrected chi connectivity index (χ4v) is 2.62. The number of nitrogens with zero attached hydrogens (tertiary/aromatic N) is 3. The van der Waals surface area contributed by atoms with Gasteiger partial charge in [-0.05, 0) is 49.6 Å². The molecule has 0 radical (unpaired) electrons. The number of carbonyl (C=O) groups is 1. The van der Waals surface area contributed by atoms with Crippen LogP contribution in [0.5, 0.6) is 0 Å². The molecule has 0 spiro atoms. The Kier molecular flexibility index (Phi) is 4.24. The van der Waals surface area contributed by atoms with Gasteiger partial charge in [-0.3, -0.25) is 14.5 Å². The van der Waals surface area contributed by atoms with Crippen molar-refractivity contribution in [2.75, 3.05) is 5.32 Å². The Labute approximate surface area is 152 Å². The molecule has 4 rings (SSSR count). The molecule has 1 aliphatic rings. The van der Waals surface area contributed by atoms with Crippen molar-refractivity contribution < 1.29 is 4.79 Å². The lowest BCUT2D eigenvalue weighted by molar-refractivity contribution is 0.102. The van der Waals surface area contributed by atoms with Crippen LogP contribution in [0.3, 0.4) is 0 Å². The van der Waals surface area contributed by atoms with Crippen molar-refractivity contribution in [3.63, 3.8) is 0 Å². The van der Waals surface area contributed by atoms with E-state index in [1.807, 2.05) is 48.1 Å². The minimum atomic E-state index is -0.162. The Bertz CT molecular complexity index is 1010. The molecule has 0 bridgehead atoms. The van der Waals surface area contributed by atoms with Gasteiger partial charge in [0.25, 0.3) is 5.91 Å². The smallest absolute Gasteiger partial charge is 0.255 e. The molecule has 0 aliphatic heterocycles. The van der Waals surface area contributed by atoms with Crippen molar-refractivity contribution in [2.24, 2.45) is 0 Å². The average Bonchev–Trinajstić information content (AvgIpc) is 3.41. The normalized spacial score (nSPS) is 13.0. The molecule has 3 aromatic rings. The van der Waals surface area contributed by atoms with Gasteiger partial charge < -0.3 is 5.32 Å². The molecule has 1 aromatic carbocycles. The summed E-state index contributed by atoms with van der Waals surface area (Å²) < 4.78 is 1.91. The largest absolute Gasteiger partial charge is 0.319 e. The molecular weight excluding hydrogens is 324 g/mol. The third kappa shape index (κ3) is 3.65. The summed E-state index contributed by atoms with van der Waals surface area (Å²) in [6.07, 6.45) is 9.32. The van der Waals surface area contributed by atoms with Gasteiger partial charge in [-0.25, -0.2) is 0 Å². The standard InChI is InChI=1S/C21H18N4O/c1-15-4-6-18(11-17(15)7-5-16-3-2-10-22-12-16)21(26)24-19-13-23-25(14-19)20-8-9-20/h2-4,6,10-14,20H,8-9H2,1H3,(H,24,26). The second-order valence-corrected chi connectivity index (χ2v) is 6.42. The molecule has 1 aliphatic carbocycles. The van der Waals surface area contributed by atoms with E-state index < -0.39 is 0 Å². The molecule has 26 heavy (non-hydrogen) atoms. The highest BCUT2D eigenvalue weighted by atomic mass is 16.1. The molecule has 0 unspecified atom stereocenters. The van der Waals surface area contributed by atoms with Gasteiger partial charge in [0.15, 0.2) is 0 Å². The van der Waals surface area contributed by atoms with Gasteiger partial charge in [0.05, 0.1) is 17.9 Å². The third-order valence-electron chi connectivity index (χ3n) is 4.28. The highest BCUT2D eigenvalue weighted by molar-refractivity contribution is 6.04. The first-order valence-corrected chi connectivity index (χ1v) is 8.57. The van der Waals surface area contributed by atoms with Crippen LogP contribution in [-0.2, 0) is 0 Å². The van der Waals surface area contributed by atoms with Crippen molar-refractivity contribution >= 4 is 11.6 Å². The molecule has 1 amide bonds. The summed E-state index contributed by atoms with van der Waals surface area (Å²) in [7, 11) is 0. The van der Waals surface area contributed by atoms with Crippen LogP contribution in [0.15, 0.2) is 55.1 Å². The first-order valence-electron chi connectivity index (χ1n) is 8.57. The lowest BCUT2D eigenvalue weighted by atomic mass is 10.0. The Balaban J connectivity index is 1.52. The van der Waals surface area contributed by atoms with Gasteiger partial charge in [0.1, 0.15) is 0 Å². The summed E-state index contributed by atoms with van der Waals surface area (Å²) in [6.45, 7) is 1.98. The Morgan fingerprint density at radius 2 is 2.12 bits per heavy atom. The predicted molar refractivity (Wildman–Crippen MR) is 99.8 cm³/mol. The van der Waals surface area contributed by atoms with Gasteiger partial charge in [-0.2, -0.15) is 5.10 Å². The number of anilines is 1. The fraction of sp³-hybridized carbons (Fsp3) is 0.190. The maximum absolute atomic E-state index is 12.5. The Hall–Kier alpha value is -3.39. The van der Waals surface area contributed by atoms with Crippen LogP contribution in [0.25, 0.3) is 0 Å². The van der Waals surface area contributed by atoms with Crippen LogP contribution in [-0.4, -0.2) is 20.7 Å². The maximum Gasteiger partial charge on any atom is 0.255 e. The molecule has 0 saturated heterocycles. The summed E-state index contributed by atoms with van der Waals surface area (Å²) in [5, 5.41) is 7.19. The fourth-order valence-electron chi connectivity index (χ4n) is 2.62. The molecule has 2 aromatic heterocycles. The number of carbonyl (C=O) groups excluding carboxylic acids is 1. The predicted octanol–water partition coefficient (Wildman–Crippen LogP) is 3.57. The lowest BCUT2D eigenvalue weighted by Gasteiger charge is -2.05. The van der Waals surface area contributed by atoms with E-state index in [4.69, 9.17) is 0 Å². The molecule has 5 heteroatoms. The maximum atomic E-state index is 12.5. The number of benzene rings is 1. The van der Waals surface area contributed by atoms with Crippen LogP contribution in [0.1, 0.15) is 45.9 Å². The molecule has 0 atom stereocenters. The molecule has 128 valence electrons. The average molecular weight is 342 g/mol. The minimum Gasteiger partial charge on any atom is -0.319 e. The summed E-state index contributed by atoms with van der Waals surface area (Å²) in [5.41, 5.74) is 3.99. The number of amides is 1. The number of aromatic nitrogens is 3. The first kappa shape index (κ1) is 16.1. The number of nitrogens with one attached hydrogen (secondary N) is 1. The first-order chi connectivity index (χ1) is 12.7.